The summed E-state index contributed by atoms with van der Waals surface area (Å²) in [4.78, 5) is 2.69. The first kappa shape index (κ1) is 14.6. The number of rotatable bonds is 3. The first-order valence-electron chi connectivity index (χ1n) is 6.26. The second kappa shape index (κ2) is 6.48. The van der Waals surface area contributed by atoms with Crippen molar-refractivity contribution in [3.63, 3.8) is 0 Å². The van der Waals surface area contributed by atoms with E-state index in [9.17, 15) is 0 Å². The minimum absolute atomic E-state index is 0. The number of nitrogens with zero attached hydrogens (tertiary/aromatic N) is 1. The zero-order valence-corrected chi connectivity index (χ0v) is 12.1. The van der Waals surface area contributed by atoms with Gasteiger partial charge in [0.2, 0.25) is 0 Å². The fourth-order valence-corrected chi connectivity index (χ4v) is 3.96. The monoisotopic (exact) mass is 264 g/mol. The summed E-state index contributed by atoms with van der Waals surface area (Å²) in [5.41, 5.74) is 0.542. The maximum absolute atomic E-state index is 3.50. The van der Waals surface area contributed by atoms with E-state index in [0.717, 1.165) is 5.25 Å². The number of hydrogen-bond acceptors (Lipinski definition) is 3. The van der Waals surface area contributed by atoms with Crippen LogP contribution in [0.4, 0.5) is 0 Å². The highest BCUT2D eigenvalue weighted by molar-refractivity contribution is 8.00. The highest BCUT2D eigenvalue weighted by Crippen LogP contribution is 2.28. The molecule has 0 amide bonds. The van der Waals surface area contributed by atoms with Gasteiger partial charge in [-0.15, -0.1) is 12.4 Å². The van der Waals surface area contributed by atoms with E-state index >= 15 is 0 Å². The average molecular weight is 265 g/mol. The summed E-state index contributed by atoms with van der Waals surface area (Å²) in [5, 5.41) is 4.38. The van der Waals surface area contributed by atoms with E-state index in [1.807, 2.05) is 0 Å². The zero-order chi connectivity index (χ0) is 10.7. The Hall–Kier alpha value is 0.560. The lowest BCUT2D eigenvalue weighted by molar-refractivity contribution is 0.181. The number of halogens is 1. The van der Waals surface area contributed by atoms with Crippen LogP contribution in [0, 0.1) is 5.41 Å². The summed E-state index contributed by atoms with van der Waals surface area (Å²) in [5.74, 6) is 1.34. The standard InChI is InChI=1S/C12H24N2S.ClH/c1-3-11-8-14(6-7-15-11)10-12(2)4-5-13-9-12;/h11,13H,3-10H2,1-2H3;1H. The molecule has 2 fully saturated rings. The Kier molecular flexibility index (Phi) is 5.92. The minimum Gasteiger partial charge on any atom is -0.316 e. The lowest BCUT2D eigenvalue weighted by atomic mass is 9.89. The van der Waals surface area contributed by atoms with Crippen molar-refractivity contribution in [3.05, 3.63) is 0 Å². The van der Waals surface area contributed by atoms with Crippen molar-refractivity contribution in [3.8, 4) is 0 Å². The molecule has 2 nitrogen and oxygen atoms in total. The van der Waals surface area contributed by atoms with Crippen LogP contribution in [0.25, 0.3) is 0 Å². The van der Waals surface area contributed by atoms with Crippen LogP contribution in [-0.4, -0.2) is 48.6 Å². The minimum atomic E-state index is 0. The third kappa shape index (κ3) is 3.80. The largest absolute Gasteiger partial charge is 0.316 e. The van der Waals surface area contributed by atoms with E-state index in [4.69, 9.17) is 0 Å². The molecule has 2 unspecified atom stereocenters. The van der Waals surface area contributed by atoms with Crippen LogP contribution in [0.15, 0.2) is 0 Å². The Bertz CT molecular complexity index is 207. The van der Waals surface area contributed by atoms with Gasteiger partial charge in [0.25, 0.3) is 0 Å². The Labute approximate surface area is 110 Å². The molecule has 0 saturated carbocycles. The molecule has 16 heavy (non-hydrogen) atoms. The molecule has 2 rings (SSSR count). The van der Waals surface area contributed by atoms with Gasteiger partial charge in [0.15, 0.2) is 0 Å². The lowest BCUT2D eigenvalue weighted by Gasteiger charge is -2.37. The van der Waals surface area contributed by atoms with E-state index in [-0.39, 0.29) is 12.4 Å². The Morgan fingerprint density at radius 1 is 1.50 bits per heavy atom. The molecule has 0 aromatic rings. The third-order valence-electron chi connectivity index (χ3n) is 3.74. The fraction of sp³-hybridized carbons (Fsp3) is 1.00. The third-order valence-corrected chi connectivity index (χ3v) is 5.11. The van der Waals surface area contributed by atoms with Crippen LogP contribution in [-0.2, 0) is 0 Å². The van der Waals surface area contributed by atoms with Crippen LogP contribution < -0.4 is 5.32 Å². The van der Waals surface area contributed by atoms with Crippen molar-refractivity contribution in [2.24, 2.45) is 5.41 Å². The molecule has 0 bridgehead atoms. The second-order valence-electron chi connectivity index (χ2n) is 5.37. The van der Waals surface area contributed by atoms with Crippen molar-refractivity contribution >= 4 is 24.2 Å². The Morgan fingerprint density at radius 2 is 2.31 bits per heavy atom. The summed E-state index contributed by atoms with van der Waals surface area (Å²) in [7, 11) is 0. The van der Waals surface area contributed by atoms with Crippen LogP contribution in [0.1, 0.15) is 26.7 Å². The molecule has 2 heterocycles. The van der Waals surface area contributed by atoms with Gasteiger partial charge in [-0.3, -0.25) is 0 Å². The molecular formula is C12H25ClN2S. The molecule has 1 N–H and O–H groups in total. The lowest BCUT2D eigenvalue weighted by Crippen LogP contribution is -2.44. The van der Waals surface area contributed by atoms with Gasteiger partial charge in [0.05, 0.1) is 0 Å². The second-order valence-corrected chi connectivity index (χ2v) is 6.78. The quantitative estimate of drug-likeness (QED) is 0.842. The van der Waals surface area contributed by atoms with Crippen molar-refractivity contribution in [1.82, 2.24) is 10.2 Å². The summed E-state index contributed by atoms with van der Waals surface area (Å²) >= 11 is 2.17. The smallest absolute Gasteiger partial charge is 0.0172 e. The molecule has 0 aromatic heterocycles. The van der Waals surface area contributed by atoms with E-state index in [0.29, 0.717) is 5.41 Å². The fourth-order valence-electron chi connectivity index (χ4n) is 2.71. The Morgan fingerprint density at radius 3 is 2.94 bits per heavy atom. The van der Waals surface area contributed by atoms with E-state index in [2.05, 4.69) is 35.8 Å². The van der Waals surface area contributed by atoms with Crippen molar-refractivity contribution < 1.29 is 0 Å². The van der Waals surface area contributed by atoms with Gasteiger partial charge >= 0.3 is 0 Å². The summed E-state index contributed by atoms with van der Waals surface area (Å²) in [6.45, 7) is 11.1. The normalized spacial score (nSPS) is 36.0. The number of nitrogens with one attached hydrogen (secondary N) is 1. The van der Waals surface area contributed by atoms with Gasteiger partial charge in [0.1, 0.15) is 0 Å². The molecule has 0 aliphatic carbocycles. The predicted octanol–water partition coefficient (Wildman–Crippen LogP) is 2.24. The highest BCUT2D eigenvalue weighted by atomic mass is 35.5. The van der Waals surface area contributed by atoms with Crippen LogP contribution >= 0.6 is 24.2 Å². The molecule has 0 radical (unpaired) electrons. The van der Waals surface area contributed by atoms with Gasteiger partial charge in [-0.05, 0) is 24.8 Å². The van der Waals surface area contributed by atoms with Crippen molar-refractivity contribution in [2.45, 2.75) is 31.9 Å². The van der Waals surface area contributed by atoms with E-state index in [1.54, 1.807) is 0 Å². The van der Waals surface area contributed by atoms with Crippen LogP contribution in [0.2, 0.25) is 0 Å². The molecule has 2 aliphatic rings. The summed E-state index contributed by atoms with van der Waals surface area (Å²) in [6, 6.07) is 0. The van der Waals surface area contributed by atoms with E-state index < -0.39 is 0 Å². The molecule has 0 spiro atoms. The zero-order valence-electron chi connectivity index (χ0n) is 10.5. The average Bonchev–Trinajstić information content (AvgIpc) is 2.65. The first-order valence-corrected chi connectivity index (χ1v) is 7.31. The summed E-state index contributed by atoms with van der Waals surface area (Å²) < 4.78 is 0. The molecule has 2 aliphatic heterocycles. The van der Waals surface area contributed by atoms with Gasteiger partial charge < -0.3 is 10.2 Å². The van der Waals surface area contributed by atoms with E-state index in [1.165, 1.54) is 51.3 Å². The van der Waals surface area contributed by atoms with Crippen LogP contribution in [0.3, 0.4) is 0 Å². The predicted molar refractivity (Wildman–Crippen MR) is 75.8 cm³/mol. The molecule has 2 saturated heterocycles. The maximum atomic E-state index is 3.50. The van der Waals surface area contributed by atoms with Crippen LogP contribution in [0.5, 0.6) is 0 Å². The molecule has 2 atom stereocenters. The van der Waals surface area contributed by atoms with Gasteiger partial charge in [-0.2, -0.15) is 11.8 Å². The van der Waals surface area contributed by atoms with Crippen molar-refractivity contribution in [1.29, 1.82) is 0 Å². The number of hydrogen-bond donors (Lipinski definition) is 1. The molecule has 4 heteroatoms. The first-order chi connectivity index (χ1) is 7.22. The highest BCUT2D eigenvalue weighted by Gasteiger charge is 2.32. The molecular weight excluding hydrogens is 240 g/mol. The SMILES string of the molecule is CCC1CN(CC2(C)CCNC2)CCS1.Cl. The molecule has 96 valence electrons. The molecule has 0 aromatic carbocycles. The Balaban J connectivity index is 0.00000128. The van der Waals surface area contributed by atoms with Gasteiger partial charge in [-0.25, -0.2) is 0 Å². The topological polar surface area (TPSA) is 15.3 Å². The summed E-state index contributed by atoms with van der Waals surface area (Å²) in [6.07, 6.45) is 2.68. The van der Waals surface area contributed by atoms with Crippen molar-refractivity contribution in [2.75, 3.05) is 38.5 Å². The number of thioether (sulfide) groups is 1. The van der Waals surface area contributed by atoms with Gasteiger partial charge in [0, 0.05) is 37.2 Å². The van der Waals surface area contributed by atoms with Gasteiger partial charge in [-0.1, -0.05) is 13.8 Å². The maximum Gasteiger partial charge on any atom is 0.0172 e.